The number of hydrogen-bond acceptors (Lipinski definition) is 5. The minimum Gasteiger partial charge on any atom is -0.265 e. The first kappa shape index (κ1) is 102. The Morgan fingerprint density at radius 3 is 0.885 bits per heavy atom. The Morgan fingerprint density at radius 2 is 0.550 bits per heavy atom. The minimum atomic E-state index is -0.488. The Bertz CT molecular complexity index is 5250. The molecule has 3 saturated carbocycles. The minimum absolute atomic E-state index is 0.488. The highest BCUT2D eigenvalue weighted by atomic mass is 19.1. The van der Waals surface area contributed by atoms with Crippen LogP contribution in [-0.2, 0) is 19.3 Å². The van der Waals surface area contributed by atoms with Crippen molar-refractivity contribution < 1.29 is 4.39 Å². The molecule has 0 unspecified atom stereocenters. The standard InChI is InChI=1S/C25H31N.C24H28FN.C24H29N.C18H19N.C17H21N.C16H19N/c1-3-4-5-6-21-9-13-24(14-10-21)25-15-11-22(12-16-25)7-8-23-17-18-26-20(2)19-23;1-2-3-4-5-19-8-12-22(13-9-19)23-14-10-20(11-15-23)6-7-21-16-17-26-24(25)18-21;1-2-3-4-5-20-8-12-23(13-9-20)24-14-10-21(11-15-24)6-7-22-16-18-25-19-17-22;1-3-4-5-6-15-7-9-16(10-8-15)17-11-13-18(19-2)14-12-17;1-3-4-5-6-15-7-9-16(10-8-15)17-11-12-18-14(2)13-17;1-2-3-4-5-14-6-8-15(9-7-14)16-10-12-17-13-11-16/h11-12,15-19,21,24H,3-6,9-10,13-14H2,1-2H3;10-11,14-19,22H,2-5,8-9,12-13H2,1H3;10-11,14-20,23H,2-5,8-9,12-13H2,1H3;7-14H,3-6H2,1H3;7-13H,3-6H2,1-2H3;6-13H,2-5H2,1H3. The number of aromatic nitrogens is 5. The maximum absolute atomic E-state index is 13.1. The van der Waals surface area contributed by atoms with E-state index in [9.17, 15) is 4.39 Å². The van der Waals surface area contributed by atoms with Gasteiger partial charge in [-0.1, -0.05) is 326 Å². The van der Waals surface area contributed by atoms with Crippen LogP contribution in [-0.4, -0.2) is 24.9 Å². The summed E-state index contributed by atoms with van der Waals surface area (Å²) in [6.07, 6.45) is 60.9. The monoisotopic (exact) mass is 1740 g/mol. The van der Waals surface area contributed by atoms with Crippen LogP contribution in [0.4, 0.5) is 10.1 Å². The van der Waals surface area contributed by atoms with E-state index in [4.69, 9.17) is 6.57 Å². The van der Waals surface area contributed by atoms with Gasteiger partial charge in [0.05, 0.1) is 6.57 Å². The molecule has 0 radical (unpaired) electrons. The molecule has 15 rings (SSSR count). The Labute approximate surface area is 790 Å². The summed E-state index contributed by atoms with van der Waals surface area (Å²) in [5.74, 6) is 23.7. The van der Waals surface area contributed by atoms with Gasteiger partial charge in [0.25, 0.3) is 0 Å². The molecule has 131 heavy (non-hydrogen) atoms. The van der Waals surface area contributed by atoms with Gasteiger partial charge < -0.3 is 0 Å². The molecule has 0 amide bonds. The van der Waals surface area contributed by atoms with Gasteiger partial charge in [0.15, 0.2) is 5.69 Å². The number of unbranched alkanes of at least 4 members (excludes halogenated alkanes) is 12. The van der Waals surface area contributed by atoms with Crippen LogP contribution in [0.15, 0.2) is 274 Å². The summed E-state index contributed by atoms with van der Waals surface area (Å²) >= 11 is 0. The highest BCUT2D eigenvalue weighted by molar-refractivity contribution is 5.67. The van der Waals surface area contributed by atoms with Crippen molar-refractivity contribution in [3.8, 4) is 68.9 Å². The van der Waals surface area contributed by atoms with E-state index in [0.717, 1.165) is 68.8 Å². The summed E-state index contributed by atoms with van der Waals surface area (Å²) in [5.41, 5.74) is 24.8. The zero-order valence-electron chi connectivity index (χ0n) is 80.5. The molecule has 3 fully saturated rings. The van der Waals surface area contributed by atoms with Crippen LogP contribution in [0.3, 0.4) is 0 Å². The highest BCUT2D eigenvalue weighted by Crippen LogP contribution is 2.41. The second-order valence-corrected chi connectivity index (χ2v) is 36.6. The third-order valence-electron chi connectivity index (χ3n) is 26.3. The second-order valence-electron chi connectivity index (χ2n) is 36.6. The lowest BCUT2D eigenvalue weighted by Crippen LogP contribution is -2.13. The molecule has 5 heterocycles. The number of halogens is 1. The predicted octanol–water partition coefficient (Wildman–Crippen LogP) is 34.4. The van der Waals surface area contributed by atoms with Gasteiger partial charge >= 0.3 is 0 Å². The summed E-state index contributed by atoms with van der Waals surface area (Å²) in [4.78, 5) is 23.5. The van der Waals surface area contributed by atoms with E-state index in [2.05, 4.69) is 265 Å². The maximum atomic E-state index is 13.1. The average Bonchev–Trinajstić information content (AvgIpc) is 0.848. The quantitative estimate of drug-likeness (QED) is 0.0194. The Morgan fingerprint density at radius 1 is 0.275 bits per heavy atom. The SMILES string of the molecule is CCCCCC1CCC(c2ccc(C#Cc3ccnc(C)c3)cc2)CC1.CCCCCC1CCC(c2ccc(C#Cc3ccnc(F)c3)cc2)CC1.CCCCCC1CCC(c2ccc(C#Cc3ccncc3)cc2)CC1.CCCCCc1ccc(-c2ccnc(C)c2)cc1.CCCCCc1ccc(-c2ccncc2)cc1.[C-]#[N+]c1ccc(-c2ccc(CCCCC)cc2)cc1. The number of hydrogen-bond donors (Lipinski definition) is 0. The van der Waals surface area contributed by atoms with Crippen LogP contribution in [0.1, 0.15) is 349 Å². The van der Waals surface area contributed by atoms with E-state index in [1.54, 1.807) is 18.5 Å². The van der Waals surface area contributed by atoms with E-state index >= 15 is 0 Å². The molecule has 0 bridgehead atoms. The molecule has 0 atom stereocenters. The van der Waals surface area contributed by atoms with E-state index < -0.39 is 5.95 Å². The normalized spacial score (nSPS) is 15.8. The van der Waals surface area contributed by atoms with Gasteiger partial charge in [-0.25, -0.2) is 9.83 Å². The van der Waals surface area contributed by atoms with Crippen molar-refractivity contribution in [3.63, 3.8) is 0 Å². The van der Waals surface area contributed by atoms with E-state index in [1.165, 1.54) is 310 Å². The topological polar surface area (TPSA) is 68.8 Å². The molecule has 0 aliphatic heterocycles. The first-order chi connectivity index (χ1) is 64.4. The lowest BCUT2D eigenvalue weighted by molar-refractivity contribution is 0.303. The first-order valence-electron chi connectivity index (χ1n) is 50.2. The summed E-state index contributed by atoms with van der Waals surface area (Å²) in [7, 11) is 0. The Hall–Kier alpha value is -11.6. The molecule has 0 N–H and O–H groups in total. The fourth-order valence-electron chi connectivity index (χ4n) is 18.2. The van der Waals surface area contributed by atoms with Gasteiger partial charge in [-0.15, -0.1) is 0 Å². The molecule has 680 valence electrons. The van der Waals surface area contributed by atoms with E-state index in [-0.39, 0.29) is 0 Å². The van der Waals surface area contributed by atoms with E-state index in [0.29, 0.717) is 17.2 Å². The summed E-state index contributed by atoms with van der Waals surface area (Å²) in [5, 5.41) is 0. The van der Waals surface area contributed by atoms with Crippen molar-refractivity contribution in [2.45, 2.75) is 304 Å². The molecule has 3 aliphatic carbocycles. The zero-order valence-corrected chi connectivity index (χ0v) is 80.5. The fraction of sp³-hybridized carbons (Fsp3) is 0.403. The van der Waals surface area contributed by atoms with Gasteiger partial charge in [-0.3, -0.25) is 19.9 Å². The molecule has 12 aromatic rings. The smallest absolute Gasteiger partial charge is 0.214 e. The highest BCUT2D eigenvalue weighted by Gasteiger charge is 2.25. The molecule has 0 spiro atoms. The summed E-state index contributed by atoms with van der Waals surface area (Å²) in [6, 6.07) is 80.2. The van der Waals surface area contributed by atoms with Crippen LogP contribution in [0.25, 0.3) is 38.2 Å². The van der Waals surface area contributed by atoms with Gasteiger partial charge in [-0.05, 0) is 323 Å². The van der Waals surface area contributed by atoms with Crippen molar-refractivity contribution in [1.29, 1.82) is 0 Å². The molecule has 6 nitrogen and oxygen atoms in total. The van der Waals surface area contributed by atoms with Gasteiger partial charge in [0, 0.05) is 94.2 Å². The molecule has 0 saturated heterocycles. The van der Waals surface area contributed by atoms with E-state index in [1.807, 2.05) is 99.3 Å². The van der Waals surface area contributed by atoms with Crippen molar-refractivity contribution in [2.24, 2.45) is 17.8 Å². The van der Waals surface area contributed by atoms with Crippen LogP contribution < -0.4 is 0 Å². The molecule has 7 aromatic carbocycles. The number of aryl methyl sites for hydroxylation is 5. The molecular weight excluding hydrogens is 1590 g/mol. The van der Waals surface area contributed by atoms with Crippen LogP contribution >= 0.6 is 0 Å². The van der Waals surface area contributed by atoms with Crippen molar-refractivity contribution in [2.75, 3.05) is 0 Å². The van der Waals surface area contributed by atoms with Gasteiger partial charge in [0.1, 0.15) is 0 Å². The van der Waals surface area contributed by atoms with Crippen LogP contribution in [0.2, 0.25) is 0 Å². The second kappa shape index (κ2) is 59.6. The zero-order chi connectivity index (χ0) is 91.9. The third-order valence-corrected chi connectivity index (χ3v) is 26.3. The maximum Gasteiger partial charge on any atom is 0.214 e. The number of pyridine rings is 5. The predicted molar refractivity (Wildman–Crippen MR) is 553 cm³/mol. The number of benzene rings is 7. The molecule has 5 aromatic heterocycles. The average molecular weight is 1740 g/mol. The Balaban J connectivity index is 0.000000165. The largest absolute Gasteiger partial charge is 0.265 e. The molecular formula is C124H147FN6. The first-order valence-corrected chi connectivity index (χ1v) is 50.2. The van der Waals surface area contributed by atoms with Crippen molar-refractivity contribution >= 4 is 5.69 Å². The fourth-order valence-corrected chi connectivity index (χ4v) is 18.2. The van der Waals surface area contributed by atoms with Crippen LogP contribution in [0, 0.1) is 79.6 Å². The van der Waals surface area contributed by atoms with Crippen molar-refractivity contribution in [1.82, 2.24) is 24.9 Å². The Kier molecular flexibility index (Phi) is 46.2. The number of nitrogens with zero attached hydrogens (tertiary/aromatic N) is 6. The third kappa shape index (κ3) is 38.0. The van der Waals surface area contributed by atoms with Crippen LogP contribution in [0.5, 0.6) is 0 Å². The molecule has 7 heteroatoms. The van der Waals surface area contributed by atoms with Gasteiger partial charge in [-0.2, -0.15) is 4.39 Å². The lowest BCUT2D eigenvalue weighted by atomic mass is 9.77. The molecule has 3 aliphatic rings. The number of rotatable bonds is 30. The summed E-state index contributed by atoms with van der Waals surface area (Å²) < 4.78 is 13.1. The summed E-state index contributed by atoms with van der Waals surface area (Å²) in [6.45, 7) is 24.6. The van der Waals surface area contributed by atoms with Gasteiger partial charge in [0.2, 0.25) is 5.95 Å². The van der Waals surface area contributed by atoms with Crippen molar-refractivity contribution in [3.05, 3.63) is 369 Å². The lowest BCUT2D eigenvalue weighted by Gasteiger charge is -2.29.